The molecule has 4 amide bonds. The molecule has 4 N–H and O–H groups in total. The number of amides is 4. The van der Waals surface area contributed by atoms with Crippen LogP contribution in [0.1, 0.15) is 53.1 Å². The molecule has 0 bridgehead atoms. The summed E-state index contributed by atoms with van der Waals surface area (Å²) in [7, 11) is 2.99. The van der Waals surface area contributed by atoms with E-state index >= 15 is 0 Å². The lowest BCUT2D eigenvalue weighted by molar-refractivity contribution is 0.0930. The first kappa shape index (κ1) is 24.1. The van der Waals surface area contributed by atoms with Gasteiger partial charge in [-0.3, -0.25) is 19.2 Å². The zero-order chi connectivity index (χ0) is 24.5. The minimum Gasteiger partial charge on any atom is -0.354 e. The summed E-state index contributed by atoms with van der Waals surface area (Å²) in [4.78, 5) is 56.2. The molecule has 0 atom stereocenters. The minimum atomic E-state index is -0.395. The van der Waals surface area contributed by atoms with Crippen LogP contribution in [-0.2, 0) is 13.1 Å². The van der Waals surface area contributed by atoms with Crippen LogP contribution < -0.4 is 21.3 Å². The molecule has 0 unspecified atom stereocenters. The van der Waals surface area contributed by atoms with Crippen molar-refractivity contribution in [2.75, 3.05) is 14.1 Å². The van der Waals surface area contributed by atoms with Gasteiger partial charge in [-0.05, 0) is 35.4 Å². The van der Waals surface area contributed by atoms with Crippen molar-refractivity contribution in [3.63, 3.8) is 0 Å². The van der Waals surface area contributed by atoms with Crippen molar-refractivity contribution in [2.45, 2.75) is 13.1 Å². The van der Waals surface area contributed by atoms with E-state index in [2.05, 4.69) is 31.2 Å². The first-order valence-electron chi connectivity index (χ1n) is 10.4. The maximum atomic E-state index is 12.4. The van der Waals surface area contributed by atoms with Crippen LogP contribution in [0.4, 0.5) is 0 Å². The maximum absolute atomic E-state index is 12.4. The van der Waals surface area contributed by atoms with Gasteiger partial charge < -0.3 is 21.3 Å². The topological polar surface area (TPSA) is 142 Å². The summed E-state index contributed by atoms with van der Waals surface area (Å²) in [6, 6.07) is 16.7. The Bertz CT molecular complexity index is 1120. The molecule has 174 valence electrons. The van der Waals surface area contributed by atoms with Crippen molar-refractivity contribution in [3.8, 4) is 0 Å². The highest BCUT2D eigenvalue weighted by Crippen LogP contribution is 2.07. The molecule has 0 aliphatic heterocycles. The Kier molecular flexibility index (Phi) is 8.01. The summed E-state index contributed by atoms with van der Waals surface area (Å²) in [6.45, 7) is 0.543. The number of carbonyl (C=O) groups excluding carboxylic acids is 4. The fourth-order valence-electron chi connectivity index (χ4n) is 2.95. The molecule has 2 heterocycles. The van der Waals surface area contributed by atoms with E-state index in [0.717, 1.165) is 11.1 Å². The summed E-state index contributed by atoms with van der Waals surface area (Å²) < 4.78 is 0. The van der Waals surface area contributed by atoms with E-state index in [1.54, 1.807) is 12.1 Å². The zero-order valence-corrected chi connectivity index (χ0v) is 18.7. The predicted octanol–water partition coefficient (Wildman–Crippen LogP) is 1.06. The smallest absolute Gasteiger partial charge is 0.270 e. The Labute approximate surface area is 196 Å². The highest BCUT2D eigenvalue weighted by atomic mass is 16.2. The van der Waals surface area contributed by atoms with Gasteiger partial charge in [-0.15, -0.1) is 0 Å². The van der Waals surface area contributed by atoms with E-state index < -0.39 is 11.8 Å². The number of benzene rings is 1. The van der Waals surface area contributed by atoms with E-state index in [4.69, 9.17) is 0 Å². The monoisotopic (exact) mass is 460 g/mol. The van der Waals surface area contributed by atoms with Crippen molar-refractivity contribution >= 4 is 23.6 Å². The van der Waals surface area contributed by atoms with Crippen LogP contribution in [0.15, 0.2) is 60.7 Å². The Hall–Kier alpha value is -4.60. The Morgan fingerprint density at radius 1 is 0.559 bits per heavy atom. The van der Waals surface area contributed by atoms with Gasteiger partial charge in [-0.1, -0.05) is 36.4 Å². The van der Waals surface area contributed by atoms with Crippen LogP contribution in [-0.4, -0.2) is 47.7 Å². The Morgan fingerprint density at radius 2 is 0.882 bits per heavy atom. The second kappa shape index (κ2) is 11.3. The fourth-order valence-corrected chi connectivity index (χ4v) is 2.95. The first-order chi connectivity index (χ1) is 16.4. The van der Waals surface area contributed by atoms with Crippen LogP contribution >= 0.6 is 0 Å². The quantitative estimate of drug-likeness (QED) is 0.396. The van der Waals surface area contributed by atoms with Crippen LogP contribution in [0.3, 0.4) is 0 Å². The lowest BCUT2D eigenvalue weighted by atomic mass is 10.1. The normalized spacial score (nSPS) is 10.2. The zero-order valence-electron chi connectivity index (χ0n) is 18.7. The van der Waals surface area contributed by atoms with Gasteiger partial charge in [0.25, 0.3) is 23.6 Å². The summed E-state index contributed by atoms with van der Waals surface area (Å²) in [5.41, 5.74) is 2.33. The summed E-state index contributed by atoms with van der Waals surface area (Å²) in [5, 5.41) is 10.5. The molecule has 1 aromatic carbocycles. The van der Waals surface area contributed by atoms with E-state index in [1.165, 1.54) is 38.4 Å². The summed E-state index contributed by atoms with van der Waals surface area (Å²) in [6.07, 6.45) is 0. The molecule has 0 radical (unpaired) electrons. The summed E-state index contributed by atoms with van der Waals surface area (Å²) >= 11 is 0. The first-order valence-corrected chi connectivity index (χ1v) is 10.4. The van der Waals surface area contributed by atoms with E-state index in [9.17, 15) is 19.2 Å². The number of rotatable bonds is 8. The third-order valence-electron chi connectivity index (χ3n) is 4.81. The molecule has 3 rings (SSSR count). The molecule has 0 aliphatic rings. The number of hydrogen-bond donors (Lipinski definition) is 4. The van der Waals surface area contributed by atoms with Crippen molar-refractivity contribution in [1.82, 2.24) is 31.2 Å². The largest absolute Gasteiger partial charge is 0.354 e. The van der Waals surface area contributed by atoms with Crippen LogP contribution in [0.2, 0.25) is 0 Å². The SMILES string of the molecule is CNC(=O)c1cccc(C(=O)NCc2ccc(CNC(=O)c3cccc(C(=O)NC)n3)cc2)n1. The molecule has 3 aromatic rings. The number of pyridine rings is 2. The van der Waals surface area contributed by atoms with Crippen LogP contribution in [0.25, 0.3) is 0 Å². The van der Waals surface area contributed by atoms with Crippen LogP contribution in [0.5, 0.6) is 0 Å². The maximum Gasteiger partial charge on any atom is 0.270 e. The standard InChI is InChI=1S/C24H24N6O4/c1-25-21(31)17-5-3-7-19(29-17)23(33)27-13-15-9-11-16(12-10-15)14-28-24(34)20-8-4-6-18(30-20)22(32)26-2/h3-12H,13-14H2,1-2H3,(H,25,31)(H,26,32)(H,27,33)(H,28,34). The molecule has 10 heteroatoms. The molecule has 10 nitrogen and oxygen atoms in total. The molecular formula is C24H24N6O4. The average Bonchev–Trinajstić information content (AvgIpc) is 2.90. The highest BCUT2D eigenvalue weighted by Gasteiger charge is 2.12. The molecule has 34 heavy (non-hydrogen) atoms. The summed E-state index contributed by atoms with van der Waals surface area (Å²) in [5.74, 6) is -1.53. The molecule has 0 spiro atoms. The predicted molar refractivity (Wildman–Crippen MR) is 124 cm³/mol. The number of nitrogens with zero attached hydrogens (tertiary/aromatic N) is 2. The molecule has 0 fully saturated rings. The second-order valence-corrected chi connectivity index (χ2v) is 7.16. The number of carbonyl (C=O) groups is 4. The van der Waals surface area contributed by atoms with Crippen molar-refractivity contribution in [2.24, 2.45) is 0 Å². The lowest BCUT2D eigenvalue weighted by Gasteiger charge is -2.08. The van der Waals surface area contributed by atoms with Crippen molar-refractivity contribution in [3.05, 3.63) is 94.6 Å². The molecular weight excluding hydrogens is 436 g/mol. The van der Waals surface area contributed by atoms with Gasteiger partial charge in [0.2, 0.25) is 0 Å². The second-order valence-electron chi connectivity index (χ2n) is 7.16. The van der Waals surface area contributed by atoms with Crippen LogP contribution in [0, 0.1) is 0 Å². The third kappa shape index (κ3) is 6.22. The van der Waals surface area contributed by atoms with Gasteiger partial charge in [0.05, 0.1) is 0 Å². The van der Waals surface area contributed by atoms with Gasteiger partial charge in [-0.2, -0.15) is 0 Å². The Balaban J connectivity index is 1.52. The van der Waals surface area contributed by atoms with Gasteiger partial charge >= 0.3 is 0 Å². The van der Waals surface area contributed by atoms with Gasteiger partial charge in [0, 0.05) is 27.2 Å². The van der Waals surface area contributed by atoms with Gasteiger partial charge in [0.15, 0.2) is 0 Å². The Morgan fingerprint density at radius 3 is 1.21 bits per heavy atom. The highest BCUT2D eigenvalue weighted by molar-refractivity contribution is 5.97. The molecule has 0 saturated carbocycles. The lowest BCUT2D eigenvalue weighted by Crippen LogP contribution is -2.26. The molecule has 0 aliphatic carbocycles. The number of hydrogen-bond acceptors (Lipinski definition) is 6. The van der Waals surface area contributed by atoms with Gasteiger partial charge in [-0.25, -0.2) is 9.97 Å². The fraction of sp³-hybridized carbons (Fsp3) is 0.167. The van der Waals surface area contributed by atoms with E-state index in [0.29, 0.717) is 0 Å². The van der Waals surface area contributed by atoms with E-state index in [1.807, 2.05) is 24.3 Å². The average molecular weight is 460 g/mol. The number of aromatic nitrogens is 2. The number of nitrogens with one attached hydrogen (secondary N) is 4. The van der Waals surface area contributed by atoms with E-state index in [-0.39, 0.29) is 47.7 Å². The molecule has 2 aromatic heterocycles. The minimum absolute atomic E-state index is 0.148. The van der Waals surface area contributed by atoms with Crippen molar-refractivity contribution in [1.29, 1.82) is 0 Å². The molecule has 0 saturated heterocycles. The van der Waals surface area contributed by atoms with Gasteiger partial charge in [0.1, 0.15) is 22.8 Å². The third-order valence-corrected chi connectivity index (χ3v) is 4.81. The van der Waals surface area contributed by atoms with Crippen molar-refractivity contribution < 1.29 is 19.2 Å².